The standard InChI is InChI=1S/C26H26N4O6/c1-14(31)28(2)22-23(33)16-13-30(18-9-5-11-20(32)21(16)18)25(35)15-7-3-4-8-17(15)27-24(34)19-10-6-12-29(19)26(22)36/h3-5,7-9,11,13,19,22-23,32-33H,6,10,12H2,1-2H3,(H,27,34). The van der Waals surface area contributed by atoms with Gasteiger partial charge in [0.1, 0.15) is 23.9 Å². The van der Waals surface area contributed by atoms with E-state index in [1.165, 1.54) is 35.7 Å². The minimum Gasteiger partial charge on any atom is -0.507 e. The third-order valence-electron chi connectivity index (χ3n) is 7.09. The van der Waals surface area contributed by atoms with E-state index in [0.717, 1.165) is 4.90 Å². The summed E-state index contributed by atoms with van der Waals surface area (Å²) in [4.78, 5) is 55.7. The number of aliphatic hydroxyl groups is 1. The fourth-order valence-electron chi connectivity index (χ4n) is 5.17. The first-order valence-corrected chi connectivity index (χ1v) is 11.7. The molecule has 10 heteroatoms. The molecule has 3 unspecified atom stereocenters. The Morgan fingerprint density at radius 3 is 2.61 bits per heavy atom. The second-order valence-corrected chi connectivity index (χ2v) is 9.17. The summed E-state index contributed by atoms with van der Waals surface area (Å²) in [6.45, 7) is 1.55. The van der Waals surface area contributed by atoms with Gasteiger partial charge >= 0.3 is 0 Å². The lowest BCUT2D eigenvalue weighted by Gasteiger charge is -2.35. The summed E-state index contributed by atoms with van der Waals surface area (Å²) in [5.41, 5.74) is 0.921. The average molecular weight is 491 g/mol. The molecule has 10 nitrogen and oxygen atoms in total. The van der Waals surface area contributed by atoms with E-state index in [2.05, 4.69) is 5.32 Å². The molecule has 3 N–H and O–H groups in total. The summed E-state index contributed by atoms with van der Waals surface area (Å²) in [6.07, 6.45) is 0.760. The molecule has 0 saturated carbocycles. The zero-order chi connectivity index (χ0) is 25.7. The van der Waals surface area contributed by atoms with Crippen molar-refractivity contribution < 1.29 is 29.4 Å². The highest BCUT2D eigenvalue weighted by molar-refractivity contribution is 6.10. The number of hydrogen-bond acceptors (Lipinski definition) is 6. The molecule has 1 aromatic heterocycles. The maximum Gasteiger partial charge on any atom is 0.264 e. The number of benzene rings is 2. The second kappa shape index (κ2) is 8.80. The molecule has 3 aromatic rings. The fourth-order valence-corrected chi connectivity index (χ4v) is 5.17. The largest absolute Gasteiger partial charge is 0.507 e. The van der Waals surface area contributed by atoms with Crippen LogP contribution in [0.4, 0.5) is 5.69 Å². The molecule has 36 heavy (non-hydrogen) atoms. The minimum atomic E-state index is -1.59. The van der Waals surface area contributed by atoms with Gasteiger partial charge in [-0.3, -0.25) is 23.7 Å². The van der Waals surface area contributed by atoms with Crippen LogP contribution in [-0.2, 0) is 14.4 Å². The van der Waals surface area contributed by atoms with Crippen molar-refractivity contribution in [1.29, 1.82) is 0 Å². The van der Waals surface area contributed by atoms with E-state index in [0.29, 0.717) is 18.4 Å². The summed E-state index contributed by atoms with van der Waals surface area (Å²) in [7, 11) is 1.40. The van der Waals surface area contributed by atoms with Gasteiger partial charge in [-0.2, -0.15) is 0 Å². The number of phenols is 1. The van der Waals surface area contributed by atoms with Crippen molar-refractivity contribution in [1.82, 2.24) is 14.4 Å². The molecule has 1 fully saturated rings. The van der Waals surface area contributed by atoms with Gasteiger partial charge in [-0.25, -0.2) is 0 Å². The summed E-state index contributed by atoms with van der Waals surface area (Å²) in [5, 5.41) is 25.3. The smallest absolute Gasteiger partial charge is 0.264 e. The first-order chi connectivity index (χ1) is 17.2. The van der Waals surface area contributed by atoms with E-state index >= 15 is 0 Å². The van der Waals surface area contributed by atoms with E-state index in [1.54, 1.807) is 36.4 Å². The number of rotatable bonds is 1. The number of nitrogens with one attached hydrogen (secondary N) is 1. The zero-order valence-corrected chi connectivity index (χ0v) is 19.8. The van der Waals surface area contributed by atoms with E-state index in [4.69, 9.17) is 0 Å². The Bertz CT molecular complexity index is 1410. The van der Waals surface area contributed by atoms with Crippen LogP contribution >= 0.6 is 0 Å². The van der Waals surface area contributed by atoms with Crippen LogP contribution < -0.4 is 5.32 Å². The molecule has 3 amide bonds. The van der Waals surface area contributed by atoms with Crippen LogP contribution in [-0.4, -0.2) is 73.9 Å². The monoisotopic (exact) mass is 490 g/mol. The topological polar surface area (TPSA) is 132 Å². The zero-order valence-electron chi connectivity index (χ0n) is 19.8. The third-order valence-corrected chi connectivity index (χ3v) is 7.09. The van der Waals surface area contributed by atoms with Crippen molar-refractivity contribution >= 4 is 40.2 Å². The molecule has 0 radical (unpaired) electrons. The Morgan fingerprint density at radius 2 is 1.86 bits per heavy atom. The second-order valence-electron chi connectivity index (χ2n) is 9.17. The van der Waals surface area contributed by atoms with Gasteiger partial charge in [0.25, 0.3) is 5.91 Å². The molecule has 0 aliphatic carbocycles. The van der Waals surface area contributed by atoms with E-state index in [1.807, 2.05) is 0 Å². The number of aliphatic hydroxyl groups excluding tert-OH is 1. The predicted molar refractivity (Wildman–Crippen MR) is 130 cm³/mol. The number of nitrogens with zero attached hydrogens (tertiary/aromatic N) is 3. The number of carbonyl (C=O) groups is 4. The predicted octanol–water partition coefficient (Wildman–Crippen LogP) is 1.86. The summed E-state index contributed by atoms with van der Waals surface area (Å²) in [5.74, 6) is -2.18. The van der Waals surface area contributed by atoms with E-state index in [-0.39, 0.29) is 34.5 Å². The van der Waals surface area contributed by atoms with Gasteiger partial charge in [0.15, 0.2) is 0 Å². The van der Waals surface area contributed by atoms with Crippen LogP contribution in [0.15, 0.2) is 48.7 Å². The first-order valence-electron chi connectivity index (χ1n) is 11.7. The van der Waals surface area contributed by atoms with Gasteiger partial charge in [0.05, 0.1) is 16.8 Å². The Kier molecular flexibility index (Phi) is 5.76. The molecule has 0 spiro atoms. The molecular weight excluding hydrogens is 464 g/mol. The lowest BCUT2D eigenvalue weighted by molar-refractivity contribution is -0.150. The van der Waals surface area contributed by atoms with Gasteiger partial charge < -0.3 is 25.3 Å². The molecule has 186 valence electrons. The Labute approximate surface area is 206 Å². The molecule has 2 aromatic carbocycles. The van der Waals surface area contributed by atoms with Crippen molar-refractivity contribution in [2.45, 2.75) is 38.0 Å². The molecular formula is C26H26N4O6. The van der Waals surface area contributed by atoms with Crippen LogP contribution in [0.25, 0.3) is 10.9 Å². The number of likely N-dealkylation sites (N-methyl/N-ethyl adjacent to an activating group) is 1. The van der Waals surface area contributed by atoms with Crippen LogP contribution in [0.5, 0.6) is 5.75 Å². The van der Waals surface area contributed by atoms with Crippen LogP contribution in [0.1, 0.15) is 41.8 Å². The van der Waals surface area contributed by atoms with Crippen molar-refractivity contribution in [3.63, 3.8) is 0 Å². The molecule has 5 rings (SSSR count). The normalized spacial score (nSPS) is 22.2. The highest BCUT2D eigenvalue weighted by Crippen LogP contribution is 2.37. The number of aromatic nitrogens is 1. The third kappa shape index (κ3) is 3.61. The van der Waals surface area contributed by atoms with E-state index < -0.39 is 41.8 Å². The number of fused-ring (bicyclic) bond motifs is 7. The van der Waals surface area contributed by atoms with Crippen molar-refractivity contribution in [2.24, 2.45) is 0 Å². The maximum absolute atomic E-state index is 13.8. The van der Waals surface area contributed by atoms with E-state index in [9.17, 15) is 29.4 Å². The average Bonchev–Trinajstić information content (AvgIpc) is 3.49. The number of phenolic OH excluding ortho intramolecular Hbond substituents is 1. The lowest BCUT2D eigenvalue weighted by Crippen LogP contribution is -2.54. The Balaban J connectivity index is 1.79. The molecule has 3 atom stereocenters. The van der Waals surface area contributed by atoms with Gasteiger partial charge in [0, 0.05) is 37.7 Å². The number of anilines is 1. The molecule has 3 heterocycles. The SMILES string of the molecule is CC(=O)N(C)C1C(=O)N2CCCC2C(=O)Nc2ccccc2C(=O)n2cc(c3c(O)cccc32)C1O. The molecule has 1 saturated heterocycles. The van der Waals surface area contributed by atoms with Gasteiger partial charge in [-0.1, -0.05) is 18.2 Å². The van der Waals surface area contributed by atoms with Crippen LogP contribution in [0, 0.1) is 0 Å². The number of hydrogen-bond donors (Lipinski definition) is 3. The Hall–Kier alpha value is -4.18. The maximum atomic E-state index is 13.8. The number of para-hydroxylation sites is 1. The fraction of sp³-hybridized carbons (Fsp3) is 0.308. The molecule has 2 aliphatic rings. The number of carbonyl (C=O) groups excluding carboxylic acids is 4. The minimum absolute atomic E-state index is 0.120. The highest BCUT2D eigenvalue weighted by Gasteiger charge is 2.43. The lowest BCUT2D eigenvalue weighted by atomic mass is 9.98. The summed E-state index contributed by atoms with van der Waals surface area (Å²) in [6, 6.07) is 8.93. The van der Waals surface area contributed by atoms with Crippen LogP contribution in [0.3, 0.4) is 0 Å². The van der Waals surface area contributed by atoms with Crippen LogP contribution in [0.2, 0.25) is 0 Å². The summed E-state index contributed by atoms with van der Waals surface area (Å²) >= 11 is 0. The highest BCUT2D eigenvalue weighted by atomic mass is 16.3. The van der Waals surface area contributed by atoms with Gasteiger partial charge in [-0.15, -0.1) is 0 Å². The summed E-state index contributed by atoms with van der Waals surface area (Å²) < 4.78 is 1.27. The van der Waals surface area contributed by atoms with Gasteiger partial charge in [-0.05, 0) is 37.1 Å². The number of amides is 3. The molecule has 2 aliphatic heterocycles. The van der Waals surface area contributed by atoms with Crippen molar-refractivity contribution in [2.75, 3.05) is 18.9 Å². The number of aromatic hydroxyl groups is 1. The van der Waals surface area contributed by atoms with Gasteiger partial charge in [0.2, 0.25) is 17.7 Å². The quantitative estimate of drug-likeness (QED) is 0.477. The van der Waals surface area contributed by atoms with Crippen molar-refractivity contribution in [3.05, 3.63) is 59.8 Å². The van der Waals surface area contributed by atoms with Crippen molar-refractivity contribution in [3.8, 4) is 5.75 Å². The Morgan fingerprint density at radius 1 is 1.11 bits per heavy atom. The first kappa shape index (κ1) is 23.6. The molecule has 2 bridgehead atoms.